The van der Waals surface area contributed by atoms with E-state index in [0.29, 0.717) is 27.6 Å². The van der Waals surface area contributed by atoms with Crippen molar-refractivity contribution in [3.05, 3.63) is 58.6 Å². The van der Waals surface area contributed by atoms with Crippen LogP contribution in [0.15, 0.2) is 42.5 Å². The first-order valence-electron chi connectivity index (χ1n) is 11.9. The number of nitrogens with one attached hydrogen (secondary N) is 2. The summed E-state index contributed by atoms with van der Waals surface area (Å²) >= 11 is 7.80. The fourth-order valence-corrected chi connectivity index (χ4v) is 4.37. The fourth-order valence-electron chi connectivity index (χ4n) is 3.63. The van der Waals surface area contributed by atoms with Gasteiger partial charge in [0, 0.05) is 0 Å². The van der Waals surface area contributed by atoms with Crippen molar-refractivity contribution in [2.45, 2.75) is 51.8 Å². The summed E-state index contributed by atoms with van der Waals surface area (Å²) in [5, 5.41) is 25.1. The maximum absolute atomic E-state index is 13.9. The molecule has 2 atom stereocenters. The number of thioether (sulfide) groups is 1. The maximum Gasteiger partial charge on any atom is 0.408 e. The lowest BCUT2D eigenvalue weighted by Gasteiger charge is -2.33. The van der Waals surface area contributed by atoms with Gasteiger partial charge >= 0.3 is 6.09 Å². The summed E-state index contributed by atoms with van der Waals surface area (Å²) < 4.78 is 5.33. The van der Waals surface area contributed by atoms with Crippen LogP contribution in [0.1, 0.15) is 44.4 Å². The minimum absolute atomic E-state index is 0.0301. The van der Waals surface area contributed by atoms with E-state index in [2.05, 4.69) is 10.6 Å². The van der Waals surface area contributed by atoms with Crippen molar-refractivity contribution < 1.29 is 24.2 Å². The normalized spacial score (nSPS) is 12.6. The Morgan fingerprint density at radius 2 is 1.84 bits per heavy atom. The number of nitriles is 1. The molecule has 0 bridgehead atoms. The van der Waals surface area contributed by atoms with Gasteiger partial charge in [-0.05, 0) is 75.5 Å². The second-order valence-corrected chi connectivity index (χ2v) is 10.9. The van der Waals surface area contributed by atoms with Crippen molar-refractivity contribution in [3.8, 4) is 11.8 Å². The zero-order valence-corrected chi connectivity index (χ0v) is 23.7. The van der Waals surface area contributed by atoms with Gasteiger partial charge in [0.1, 0.15) is 30.0 Å². The van der Waals surface area contributed by atoms with Gasteiger partial charge in [-0.3, -0.25) is 9.59 Å². The van der Waals surface area contributed by atoms with E-state index in [-0.39, 0.29) is 12.2 Å². The Kier molecular flexibility index (Phi) is 11.3. The summed E-state index contributed by atoms with van der Waals surface area (Å²) in [5.41, 5.74) is 0.649. The summed E-state index contributed by atoms with van der Waals surface area (Å²) in [6, 6.07) is 10.5. The molecular formula is C27H33ClN4O5S. The minimum atomic E-state index is -1.27. The lowest BCUT2D eigenvalue weighted by atomic mass is 10.0. The highest BCUT2D eigenvalue weighted by Gasteiger charge is 2.36. The maximum atomic E-state index is 13.9. The van der Waals surface area contributed by atoms with Crippen LogP contribution in [0.25, 0.3) is 0 Å². The Bertz CT molecular complexity index is 1160. The molecule has 0 spiro atoms. The number of benzene rings is 2. The number of ether oxygens (including phenoxy) is 1. The van der Waals surface area contributed by atoms with Crippen molar-refractivity contribution in [2.24, 2.45) is 0 Å². The number of para-hydroxylation sites is 1. The van der Waals surface area contributed by atoms with Gasteiger partial charge in [-0.2, -0.15) is 17.0 Å². The number of amides is 3. The Balaban J connectivity index is 2.52. The minimum Gasteiger partial charge on any atom is -0.508 e. The van der Waals surface area contributed by atoms with Gasteiger partial charge in [0.25, 0.3) is 5.91 Å². The zero-order valence-electron chi connectivity index (χ0n) is 22.1. The average Bonchev–Trinajstić information content (AvgIpc) is 2.83. The van der Waals surface area contributed by atoms with E-state index < -0.39 is 42.1 Å². The van der Waals surface area contributed by atoms with E-state index in [1.54, 1.807) is 45.9 Å². The molecule has 0 aliphatic heterocycles. The largest absolute Gasteiger partial charge is 0.508 e. The lowest BCUT2D eigenvalue weighted by molar-refractivity contribution is -0.140. The van der Waals surface area contributed by atoms with Crippen LogP contribution in [0.4, 0.5) is 10.5 Å². The topological polar surface area (TPSA) is 132 Å². The second kappa shape index (κ2) is 13.9. The van der Waals surface area contributed by atoms with Crippen LogP contribution in [0, 0.1) is 18.3 Å². The number of aromatic hydroxyl groups is 1. The van der Waals surface area contributed by atoms with Gasteiger partial charge in [0.15, 0.2) is 0 Å². The smallest absolute Gasteiger partial charge is 0.408 e. The summed E-state index contributed by atoms with van der Waals surface area (Å²) in [6.07, 6.45) is 1.32. The Hall–Kier alpha value is -3.42. The number of hydrogen-bond acceptors (Lipinski definition) is 7. The monoisotopic (exact) mass is 560 g/mol. The van der Waals surface area contributed by atoms with Gasteiger partial charge < -0.3 is 25.4 Å². The molecule has 0 saturated heterocycles. The molecule has 2 aromatic rings. The van der Waals surface area contributed by atoms with E-state index in [9.17, 15) is 24.8 Å². The number of alkyl carbamates (subject to hydrolysis) is 1. The van der Waals surface area contributed by atoms with Crippen molar-refractivity contribution in [1.82, 2.24) is 10.2 Å². The Morgan fingerprint density at radius 1 is 1.18 bits per heavy atom. The number of rotatable bonds is 10. The van der Waals surface area contributed by atoms with Crippen LogP contribution in [0.2, 0.25) is 5.02 Å². The molecule has 2 rings (SSSR count). The van der Waals surface area contributed by atoms with Gasteiger partial charge in [0.05, 0.1) is 16.8 Å². The molecule has 0 radical (unpaired) electrons. The number of aryl methyl sites for hydroxylation is 1. The lowest BCUT2D eigenvalue weighted by Crippen LogP contribution is -2.52. The van der Waals surface area contributed by atoms with Crippen molar-refractivity contribution >= 4 is 47.0 Å². The van der Waals surface area contributed by atoms with Gasteiger partial charge in [-0.1, -0.05) is 35.9 Å². The third-order valence-electron chi connectivity index (χ3n) is 5.36. The molecule has 9 nitrogen and oxygen atoms in total. The Labute approximate surface area is 232 Å². The summed E-state index contributed by atoms with van der Waals surface area (Å²) in [6.45, 7) is 6.45. The summed E-state index contributed by atoms with van der Waals surface area (Å²) in [4.78, 5) is 41.2. The fraction of sp³-hybridized carbons (Fsp3) is 0.407. The molecule has 0 heterocycles. The number of phenols is 1. The average molecular weight is 561 g/mol. The van der Waals surface area contributed by atoms with Crippen LogP contribution in [-0.4, -0.2) is 58.1 Å². The molecule has 0 aliphatic carbocycles. The van der Waals surface area contributed by atoms with E-state index in [1.165, 1.54) is 36.0 Å². The van der Waals surface area contributed by atoms with Crippen LogP contribution < -0.4 is 10.6 Å². The zero-order chi connectivity index (χ0) is 28.5. The number of anilines is 1. The van der Waals surface area contributed by atoms with Crippen molar-refractivity contribution in [1.29, 1.82) is 5.26 Å². The molecule has 0 saturated carbocycles. The first kappa shape index (κ1) is 30.8. The van der Waals surface area contributed by atoms with E-state index >= 15 is 0 Å². The molecule has 11 heteroatoms. The van der Waals surface area contributed by atoms with Crippen LogP contribution >= 0.6 is 23.4 Å². The van der Waals surface area contributed by atoms with E-state index in [0.717, 1.165) is 4.90 Å². The van der Waals surface area contributed by atoms with Crippen LogP contribution in [0.3, 0.4) is 0 Å². The van der Waals surface area contributed by atoms with Crippen LogP contribution in [-0.2, 0) is 14.3 Å². The highest BCUT2D eigenvalue weighted by atomic mass is 35.5. The molecule has 3 amide bonds. The number of nitrogens with zero attached hydrogens (tertiary/aromatic N) is 2. The highest BCUT2D eigenvalue weighted by molar-refractivity contribution is 7.98. The third kappa shape index (κ3) is 8.85. The Morgan fingerprint density at radius 3 is 2.39 bits per heavy atom. The van der Waals surface area contributed by atoms with Crippen LogP contribution in [0.5, 0.6) is 5.75 Å². The molecule has 3 N–H and O–H groups in total. The number of carbonyl (C=O) groups excluding carboxylic acids is 3. The molecule has 204 valence electrons. The summed E-state index contributed by atoms with van der Waals surface area (Å²) in [7, 11) is 0. The molecule has 2 aromatic carbocycles. The van der Waals surface area contributed by atoms with Gasteiger partial charge in [-0.15, -0.1) is 0 Å². The number of halogens is 1. The van der Waals surface area contributed by atoms with Crippen molar-refractivity contribution in [2.75, 3.05) is 23.9 Å². The molecule has 0 fully saturated rings. The molecule has 2 unspecified atom stereocenters. The molecule has 0 aromatic heterocycles. The summed E-state index contributed by atoms with van der Waals surface area (Å²) in [5.74, 6) is -0.744. The van der Waals surface area contributed by atoms with Gasteiger partial charge in [0.2, 0.25) is 5.91 Å². The second-order valence-electron chi connectivity index (χ2n) is 9.52. The predicted molar refractivity (Wildman–Crippen MR) is 149 cm³/mol. The predicted octanol–water partition coefficient (Wildman–Crippen LogP) is 5.03. The van der Waals surface area contributed by atoms with E-state index in [4.69, 9.17) is 16.3 Å². The molecular weight excluding hydrogens is 528 g/mol. The number of carbonyl (C=O) groups is 3. The highest BCUT2D eigenvalue weighted by Crippen LogP contribution is 2.30. The molecule has 38 heavy (non-hydrogen) atoms. The standard InChI is InChI=1S/C27H33ClN4O5S/c1-17-7-6-8-20(28)22(17)31-24(34)23(18-9-11-19(33)12-10-18)32(15-14-29)25(35)21(13-16-38-5)30-26(36)37-27(2,3)4/h6-12,21,23,33H,13,15-16H2,1-5H3,(H,30,36)(H,31,34). The van der Waals surface area contributed by atoms with Gasteiger partial charge in [-0.25, -0.2) is 4.79 Å². The first-order chi connectivity index (χ1) is 17.9. The quantitative estimate of drug-likeness (QED) is 0.347. The first-order valence-corrected chi connectivity index (χ1v) is 13.7. The van der Waals surface area contributed by atoms with Crippen molar-refractivity contribution in [3.63, 3.8) is 0 Å². The van der Waals surface area contributed by atoms with E-state index in [1.807, 2.05) is 12.3 Å². The SMILES string of the molecule is CSCCC(NC(=O)OC(C)(C)C)C(=O)N(CC#N)C(C(=O)Nc1c(C)cccc1Cl)c1ccc(O)cc1. The number of hydrogen-bond donors (Lipinski definition) is 3. The number of phenolic OH excluding ortho intramolecular Hbond substituents is 1. The third-order valence-corrected chi connectivity index (χ3v) is 6.32. The molecule has 0 aliphatic rings.